The number of carbonyl (C=O) groups is 1. The van der Waals surface area contributed by atoms with Crippen LogP contribution in [0.2, 0.25) is 0 Å². The second kappa shape index (κ2) is 8.62. The van der Waals surface area contributed by atoms with E-state index in [1.54, 1.807) is 23.3 Å². The van der Waals surface area contributed by atoms with Gasteiger partial charge in [-0.25, -0.2) is 4.98 Å². The third-order valence-electron chi connectivity index (χ3n) is 4.45. The average Bonchev–Trinajstić information content (AvgIpc) is 3.09. The second-order valence-electron chi connectivity index (χ2n) is 6.48. The van der Waals surface area contributed by atoms with Crippen molar-refractivity contribution in [1.82, 2.24) is 14.8 Å². The van der Waals surface area contributed by atoms with E-state index in [0.717, 1.165) is 28.6 Å². The van der Waals surface area contributed by atoms with Crippen LogP contribution in [-0.2, 0) is 16.1 Å². The molecule has 26 heavy (non-hydrogen) atoms. The normalized spacial score (nSPS) is 17.9. The molecule has 1 atom stereocenters. The van der Waals surface area contributed by atoms with E-state index >= 15 is 0 Å². The lowest BCUT2D eigenvalue weighted by atomic mass is 10.2. The van der Waals surface area contributed by atoms with Gasteiger partial charge in [-0.05, 0) is 13.0 Å². The van der Waals surface area contributed by atoms with Crippen molar-refractivity contribution in [2.75, 3.05) is 40.4 Å². The lowest BCUT2D eigenvalue weighted by Gasteiger charge is -2.32. The summed E-state index contributed by atoms with van der Waals surface area (Å²) in [6.45, 7) is 4.97. The number of ether oxygens (including phenoxy) is 2. The van der Waals surface area contributed by atoms with Crippen LogP contribution in [0.25, 0.3) is 0 Å². The number of rotatable bonds is 6. The molecule has 1 amide bonds. The maximum atomic E-state index is 12.7. The Kier molecular flexibility index (Phi) is 6.24. The van der Waals surface area contributed by atoms with Crippen molar-refractivity contribution in [3.05, 3.63) is 45.9 Å². The SMILES string of the molecule is COc1ccccc1CN(C)C(=O)CN1CCOC(c2nc(C)cs2)C1. The Labute approximate surface area is 158 Å². The van der Waals surface area contributed by atoms with Gasteiger partial charge in [0.2, 0.25) is 5.91 Å². The van der Waals surface area contributed by atoms with Crippen LogP contribution in [0.3, 0.4) is 0 Å². The molecule has 1 aliphatic rings. The predicted octanol–water partition coefficient (Wildman–Crippen LogP) is 2.49. The van der Waals surface area contributed by atoms with E-state index in [-0.39, 0.29) is 12.0 Å². The van der Waals surface area contributed by atoms with Crippen LogP contribution in [-0.4, -0.2) is 61.1 Å². The highest BCUT2D eigenvalue weighted by molar-refractivity contribution is 7.09. The van der Waals surface area contributed by atoms with E-state index in [4.69, 9.17) is 9.47 Å². The Balaban J connectivity index is 1.56. The molecule has 140 valence electrons. The molecule has 0 spiro atoms. The van der Waals surface area contributed by atoms with Gasteiger partial charge in [0.1, 0.15) is 16.9 Å². The minimum Gasteiger partial charge on any atom is -0.496 e. The fourth-order valence-corrected chi connectivity index (χ4v) is 3.84. The lowest BCUT2D eigenvalue weighted by molar-refractivity contribution is -0.133. The Hall–Kier alpha value is -1.96. The summed E-state index contributed by atoms with van der Waals surface area (Å²) in [5, 5.41) is 3.02. The third kappa shape index (κ3) is 4.60. The molecular weight excluding hydrogens is 350 g/mol. The second-order valence-corrected chi connectivity index (χ2v) is 7.37. The molecular formula is C19H25N3O3S. The number of para-hydroxylation sites is 1. The fourth-order valence-electron chi connectivity index (χ4n) is 3.00. The molecule has 0 N–H and O–H groups in total. The van der Waals surface area contributed by atoms with Crippen molar-refractivity contribution in [2.45, 2.75) is 19.6 Å². The van der Waals surface area contributed by atoms with Crippen molar-refractivity contribution >= 4 is 17.2 Å². The molecule has 7 heteroatoms. The first-order valence-electron chi connectivity index (χ1n) is 8.68. The number of carbonyl (C=O) groups excluding carboxylic acids is 1. The van der Waals surface area contributed by atoms with Crippen LogP contribution in [0.15, 0.2) is 29.6 Å². The maximum Gasteiger partial charge on any atom is 0.236 e. The van der Waals surface area contributed by atoms with Gasteiger partial charge in [0, 0.05) is 43.3 Å². The van der Waals surface area contributed by atoms with E-state index < -0.39 is 0 Å². The molecule has 0 bridgehead atoms. The summed E-state index contributed by atoms with van der Waals surface area (Å²) in [6, 6.07) is 7.78. The van der Waals surface area contributed by atoms with Crippen LogP contribution < -0.4 is 4.74 Å². The average molecular weight is 375 g/mol. The zero-order chi connectivity index (χ0) is 18.5. The van der Waals surface area contributed by atoms with Crippen LogP contribution in [0, 0.1) is 6.92 Å². The van der Waals surface area contributed by atoms with Crippen LogP contribution >= 0.6 is 11.3 Å². The molecule has 0 aliphatic carbocycles. The van der Waals surface area contributed by atoms with Crippen molar-refractivity contribution < 1.29 is 14.3 Å². The van der Waals surface area contributed by atoms with Crippen molar-refractivity contribution in [1.29, 1.82) is 0 Å². The minimum atomic E-state index is -0.0465. The highest BCUT2D eigenvalue weighted by atomic mass is 32.1. The third-order valence-corrected chi connectivity index (χ3v) is 5.50. The monoisotopic (exact) mass is 375 g/mol. The van der Waals surface area contributed by atoms with Gasteiger partial charge in [-0.15, -0.1) is 11.3 Å². The van der Waals surface area contributed by atoms with Crippen LogP contribution in [0.1, 0.15) is 22.4 Å². The van der Waals surface area contributed by atoms with E-state index in [2.05, 4.69) is 9.88 Å². The summed E-state index contributed by atoms with van der Waals surface area (Å²) in [5.74, 6) is 0.893. The smallest absolute Gasteiger partial charge is 0.236 e. The van der Waals surface area contributed by atoms with Crippen molar-refractivity contribution in [3.8, 4) is 5.75 Å². The van der Waals surface area contributed by atoms with E-state index in [0.29, 0.717) is 26.2 Å². The number of hydrogen-bond donors (Lipinski definition) is 0. The van der Waals surface area contributed by atoms with Gasteiger partial charge in [-0.2, -0.15) is 0 Å². The number of hydrogen-bond acceptors (Lipinski definition) is 6. The zero-order valence-corrected chi connectivity index (χ0v) is 16.3. The van der Waals surface area contributed by atoms with E-state index in [1.165, 1.54) is 0 Å². The number of morpholine rings is 1. The van der Waals surface area contributed by atoms with Gasteiger partial charge in [-0.3, -0.25) is 9.69 Å². The molecule has 2 heterocycles. The summed E-state index contributed by atoms with van der Waals surface area (Å²) in [7, 11) is 3.48. The quantitative estimate of drug-likeness (QED) is 0.776. The molecule has 1 aliphatic heterocycles. The van der Waals surface area contributed by atoms with Gasteiger partial charge in [-0.1, -0.05) is 18.2 Å². The van der Waals surface area contributed by atoms with Gasteiger partial charge in [0.25, 0.3) is 0 Å². The molecule has 1 unspecified atom stereocenters. The van der Waals surface area contributed by atoms with Gasteiger partial charge in [0.15, 0.2) is 0 Å². The molecule has 1 aromatic carbocycles. The number of amides is 1. The Morgan fingerprint density at radius 1 is 1.46 bits per heavy atom. The molecule has 0 radical (unpaired) electrons. The summed E-state index contributed by atoms with van der Waals surface area (Å²) in [5.41, 5.74) is 2.02. The predicted molar refractivity (Wildman–Crippen MR) is 101 cm³/mol. The molecule has 6 nitrogen and oxygen atoms in total. The number of aromatic nitrogens is 1. The molecule has 0 saturated carbocycles. The summed E-state index contributed by atoms with van der Waals surface area (Å²) >= 11 is 1.62. The number of nitrogens with zero attached hydrogens (tertiary/aromatic N) is 3. The number of likely N-dealkylation sites (N-methyl/N-ethyl adjacent to an activating group) is 1. The number of thiazole rings is 1. The fraction of sp³-hybridized carbons (Fsp3) is 0.474. The molecule has 1 saturated heterocycles. The first kappa shape index (κ1) is 18.8. The highest BCUT2D eigenvalue weighted by Gasteiger charge is 2.26. The van der Waals surface area contributed by atoms with Crippen LogP contribution in [0.5, 0.6) is 5.75 Å². The van der Waals surface area contributed by atoms with E-state index in [1.807, 2.05) is 43.6 Å². The minimum absolute atomic E-state index is 0.0465. The standard InChI is InChI=1S/C19H25N3O3S/c1-14-13-26-19(20-14)17-11-22(8-9-25-17)12-18(23)21(2)10-15-6-4-5-7-16(15)24-3/h4-7,13,17H,8-12H2,1-3H3. The lowest BCUT2D eigenvalue weighted by Crippen LogP contribution is -2.44. The first-order valence-corrected chi connectivity index (χ1v) is 9.56. The zero-order valence-electron chi connectivity index (χ0n) is 15.5. The van der Waals surface area contributed by atoms with E-state index in [9.17, 15) is 4.79 Å². The van der Waals surface area contributed by atoms with Gasteiger partial charge < -0.3 is 14.4 Å². The first-order chi connectivity index (χ1) is 12.6. The Morgan fingerprint density at radius 2 is 2.27 bits per heavy atom. The highest BCUT2D eigenvalue weighted by Crippen LogP contribution is 2.25. The molecule has 1 aromatic heterocycles. The Morgan fingerprint density at radius 3 is 3.00 bits per heavy atom. The molecule has 2 aromatic rings. The summed E-state index contributed by atoms with van der Waals surface area (Å²) in [4.78, 5) is 21.1. The number of aryl methyl sites for hydroxylation is 1. The maximum absolute atomic E-state index is 12.7. The van der Waals surface area contributed by atoms with Crippen molar-refractivity contribution in [3.63, 3.8) is 0 Å². The molecule has 3 rings (SSSR count). The summed E-state index contributed by atoms with van der Waals surface area (Å²) < 4.78 is 11.2. The largest absolute Gasteiger partial charge is 0.496 e. The van der Waals surface area contributed by atoms with Gasteiger partial charge >= 0.3 is 0 Å². The Bertz CT molecular complexity index is 749. The molecule has 1 fully saturated rings. The topological polar surface area (TPSA) is 54.9 Å². The van der Waals surface area contributed by atoms with Gasteiger partial charge in [0.05, 0.1) is 20.3 Å². The number of benzene rings is 1. The van der Waals surface area contributed by atoms with Crippen LogP contribution in [0.4, 0.5) is 0 Å². The summed E-state index contributed by atoms with van der Waals surface area (Å²) in [6.07, 6.45) is -0.0465. The number of methoxy groups -OCH3 is 1. The van der Waals surface area contributed by atoms with Crippen molar-refractivity contribution in [2.24, 2.45) is 0 Å².